The van der Waals surface area contributed by atoms with Crippen LogP contribution in [0, 0.1) is 5.92 Å². The maximum atomic E-state index is 11.4. The average molecular weight is 219 g/mol. The van der Waals surface area contributed by atoms with Gasteiger partial charge in [-0.05, 0) is 30.2 Å². The molecule has 0 heterocycles. The molecular formula is C12H17N3O. The molecule has 4 nitrogen and oxygen atoms in total. The highest BCUT2D eigenvalue weighted by atomic mass is 16.2. The Balaban J connectivity index is 2.43. The van der Waals surface area contributed by atoms with Crippen LogP contribution in [0.1, 0.15) is 13.8 Å². The molecule has 0 bridgehead atoms. The molecule has 0 saturated carbocycles. The number of benzene rings is 1. The summed E-state index contributed by atoms with van der Waals surface area (Å²) in [6.45, 7) is 4.08. The summed E-state index contributed by atoms with van der Waals surface area (Å²) in [4.78, 5) is 11.4. The molecule has 1 aromatic carbocycles. The van der Waals surface area contributed by atoms with Gasteiger partial charge in [0, 0.05) is 17.6 Å². The number of urea groups is 1. The molecule has 0 aliphatic rings. The van der Waals surface area contributed by atoms with E-state index in [1.54, 1.807) is 30.5 Å². The van der Waals surface area contributed by atoms with Gasteiger partial charge in [-0.15, -0.1) is 0 Å². The van der Waals surface area contributed by atoms with Crippen molar-refractivity contribution in [2.24, 2.45) is 5.92 Å². The third-order valence-corrected chi connectivity index (χ3v) is 1.86. The third kappa shape index (κ3) is 4.50. The number of carbonyl (C=O) groups is 1. The van der Waals surface area contributed by atoms with Crippen molar-refractivity contribution in [3.05, 3.63) is 36.5 Å². The predicted molar refractivity (Wildman–Crippen MR) is 67.0 cm³/mol. The molecule has 0 atom stereocenters. The zero-order chi connectivity index (χ0) is 12.0. The Morgan fingerprint density at radius 2 is 1.94 bits per heavy atom. The highest BCUT2D eigenvalue weighted by Crippen LogP contribution is 2.09. The molecule has 86 valence electrons. The second-order valence-corrected chi connectivity index (χ2v) is 3.82. The van der Waals surface area contributed by atoms with Crippen LogP contribution in [0.2, 0.25) is 0 Å². The van der Waals surface area contributed by atoms with E-state index in [2.05, 4.69) is 10.6 Å². The third-order valence-electron chi connectivity index (χ3n) is 1.86. The molecule has 0 aliphatic carbocycles. The van der Waals surface area contributed by atoms with Crippen molar-refractivity contribution < 1.29 is 4.79 Å². The highest BCUT2D eigenvalue weighted by molar-refractivity contribution is 5.89. The molecule has 1 rings (SSSR count). The first-order valence-electron chi connectivity index (χ1n) is 5.17. The van der Waals surface area contributed by atoms with Crippen LogP contribution in [-0.2, 0) is 0 Å². The summed E-state index contributed by atoms with van der Waals surface area (Å²) in [5, 5.41) is 5.30. The summed E-state index contributed by atoms with van der Waals surface area (Å²) in [6.07, 6.45) is 3.54. The van der Waals surface area contributed by atoms with Gasteiger partial charge in [0.25, 0.3) is 0 Å². The summed E-state index contributed by atoms with van der Waals surface area (Å²) in [5.41, 5.74) is 6.92. The van der Waals surface area contributed by atoms with Crippen molar-refractivity contribution in [3.8, 4) is 0 Å². The van der Waals surface area contributed by atoms with Crippen LogP contribution in [0.5, 0.6) is 0 Å². The predicted octanol–water partition coefficient (Wildman–Crippen LogP) is 2.56. The normalized spacial score (nSPS) is 10.7. The van der Waals surface area contributed by atoms with Crippen LogP contribution < -0.4 is 16.4 Å². The summed E-state index contributed by atoms with van der Waals surface area (Å²) in [7, 11) is 0. The van der Waals surface area contributed by atoms with Crippen LogP contribution in [0.15, 0.2) is 36.5 Å². The number of allylic oxidation sites excluding steroid dienone is 1. The number of rotatable bonds is 3. The van der Waals surface area contributed by atoms with Gasteiger partial charge in [0.2, 0.25) is 0 Å². The summed E-state index contributed by atoms with van der Waals surface area (Å²) in [5.74, 6) is 0.414. The maximum Gasteiger partial charge on any atom is 0.323 e. The Labute approximate surface area is 95.5 Å². The molecule has 4 N–H and O–H groups in total. The monoisotopic (exact) mass is 219 g/mol. The van der Waals surface area contributed by atoms with E-state index in [1.807, 2.05) is 19.9 Å². The fourth-order valence-corrected chi connectivity index (χ4v) is 1.05. The number of nitrogen functional groups attached to an aromatic ring is 1. The Bertz CT molecular complexity index is 368. The zero-order valence-corrected chi connectivity index (χ0v) is 9.53. The molecule has 0 aliphatic heterocycles. The van der Waals surface area contributed by atoms with Gasteiger partial charge in [-0.3, -0.25) is 0 Å². The number of anilines is 2. The van der Waals surface area contributed by atoms with Crippen molar-refractivity contribution in [2.75, 3.05) is 11.1 Å². The summed E-state index contributed by atoms with van der Waals surface area (Å²) >= 11 is 0. The highest BCUT2D eigenvalue weighted by Gasteiger charge is 1.98. The van der Waals surface area contributed by atoms with Crippen molar-refractivity contribution in [1.82, 2.24) is 5.32 Å². The first kappa shape index (κ1) is 12.1. The van der Waals surface area contributed by atoms with Gasteiger partial charge in [-0.1, -0.05) is 19.9 Å². The van der Waals surface area contributed by atoms with Crippen LogP contribution in [0.4, 0.5) is 16.2 Å². The molecule has 16 heavy (non-hydrogen) atoms. The molecule has 0 radical (unpaired) electrons. The fourth-order valence-electron chi connectivity index (χ4n) is 1.05. The second kappa shape index (κ2) is 5.80. The van der Waals surface area contributed by atoms with Crippen molar-refractivity contribution in [3.63, 3.8) is 0 Å². The fraction of sp³-hybridized carbons (Fsp3) is 0.250. The lowest BCUT2D eigenvalue weighted by Crippen LogP contribution is -2.23. The van der Waals surface area contributed by atoms with Crippen molar-refractivity contribution >= 4 is 17.4 Å². The minimum absolute atomic E-state index is 0.262. The lowest BCUT2D eigenvalue weighted by molar-refractivity contribution is 0.255. The van der Waals surface area contributed by atoms with Crippen LogP contribution in [-0.4, -0.2) is 6.03 Å². The van der Waals surface area contributed by atoms with Gasteiger partial charge in [-0.2, -0.15) is 0 Å². The van der Waals surface area contributed by atoms with Crippen molar-refractivity contribution in [1.29, 1.82) is 0 Å². The van der Waals surface area contributed by atoms with E-state index in [4.69, 9.17) is 5.73 Å². The quantitative estimate of drug-likeness (QED) is 0.684. The smallest absolute Gasteiger partial charge is 0.323 e. The standard InChI is InChI=1S/C12H17N3O/c1-9(2)7-8-14-12(16)15-11-5-3-10(13)4-6-11/h3-9H,13H2,1-2H3,(H2,14,15,16)/b8-7+. The molecule has 0 saturated heterocycles. The SMILES string of the molecule is CC(C)/C=C/NC(=O)Nc1ccc(N)cc1. The minimum Gasteiger partial charge on any atom is -0.399 e. The van der Waals surface area contributed by atoms with E-state index in [0.717, 1.165) is 0 Å². The topological polar surface area (TPSA) is 67.2 Å². The van der Waals surface area contributed by atoms with E-state index >= 15 is 0 Å². The number of carbonyl (C=O) groups excluding carboxylic acids is 1. The van der Waals surface area contributed by atoms with Gasteiger partial charge < -0.3 is 16.4 Å². The first-order valence-corrected chi connectivity index (χ1v) is 5.17. The Morgan fingerprint density at radius 3 is 2.50 bits per heavy atom. The number of hydrogen-bond acceptors (Lipinski definition) is 2. The largest absolute Gasteiger partial charge is 0.399 e. The minimum atomic E-state index is -0.262. The molecule has 1 aromatic rings. The Hall–Kier alpha value is -1.97. The Kier molecular flexibility index (Phi) is 4.39. The molecule has 2 amide bonds. The molecular weight excluding hydrogens is 202 g/mol. The lowest BCUT2D eigenvalue weighted by Gasteiger charge is -2.04. The number of hydrogen-bond donors (Lipinski definition) is 3. The summed E-state index contributed by atoms with van der Waals surface area (Å²) < 4.78 is 0. The molecule has 0 aromatic heterocycles. The zero-order valence-electron chi connectivity index (χ0n) is 9.53. The molecule has 0 spiro atoms. The van der Waals surface area contributed by atoms with Crippen LogP contribution >= 0.6 is 0 Å². The number of nitrogens with two attached hydrogens (primary N) is 1. The van der Waals surface area contributed by atoms with E-state index in [-0.39, 0.29) is 6.03 Å². The molecule has 0 fully saturated rings. The molecule has 4 heteroatoms. The maximum absolute atomic E-state index is 11.4. The molecule has 0 unspecified atom stereocenters. The van der Waals surface area contributed by atoms with E-state index < -0.39 is 0 Å². The second-order valence-electron chi connectivity index (χ2n) is 3.82. The number of amides is 2. The van der Waals surface area contributed by atoms with Gasteiger partial charge in [0.15, 0.2) is 0 Å². The lowest BCUT2D eigenvalue weighted by atomic mass is 10.2. The average Bonchev–Trinajstić information content (AvgIpc) is 2.21. The van der Waals surface area contributed by atoms with Crippen LogP contribution in [0.3, 0.4) is 0 Å². The van der Waals surface area contributed by atoms with Gasteiger partial charge >= 0.3 is 6.03 Å². The van der Waals surface area contributed by atoms with Gasteiger partial charge in [-0.25, -0.2) is 4.79 Å². The summed E-state index contributed by atoms with van der Waals surface area (Å²) in [6, 6.07) is 6.71. The van der Waals surface area contributed by atoms with E-state index in [0.29, 0.717) is 17.3 Å². The van der Waals surface area contributed by atoms with Gasteiger partial charge in [0.1, 0.15) is 0 Å². The van der Waals surface area contributed by atoms with E-state index in [1.165, 1.54) is 0 Å². The Morgan fingerprint density at radius 1 is 1.31 bits per heavy atom. The van der Waals surface area contributed by atoms with Crippen LogP contribution in [0.25, 0.3) is 0 Å². The van der Waals surface area contributed by atoms with Gasteiger partial charge in [0.05, 0.1) is 0 Å². The first-order chi connectivity index (χ1) is 7.58. The van der Waals surface area contributed by atoms with Crippen molar-refractivity contribution in [2.45, 2.75) is 13.8 Å². The number of nitrogens with one attached hydrogen (secondary N) is 2. The van der Waals surface area contributed by atoms with E-state index in [9.17, 15) is 4.79 Å².